The van der Waals surface area contributed by atoms with Crippen molar-refractivity contribution in [2.45, 2.75) is 46.6 Å². The molecule has 3 rings (SSSR count). The Morgan fingerprint density at radius 2 is 0.638 bits per heavy atom. The molecule has 23 nitrogen and oxygen atoms in total. The second-order valence-electron chi connectivity index (χ2n) is 9.73. The van der Waals surface area contributed by atoms with E-state index >= 15 is 0 Å². The first-order chi connectivity index (χ1) is 22.3. The van der Waals surface area contributed by atoms with E-state index in [4.69, 9.17) is 23.7 Å². The summed E-state index contributed by atoms with van der Waals surface area (Å²) in [6.07, 6.45) is 0. The summed E-state index contributed by atoms with van der Waals surface area (Å²) in [6, 6.07) is 0. The van der Waals surface area contributed by atoms with E-state index in [1.54, 1.807) is 0 Å². The van der Waals surface area contributed by atoms with E-state index in [0.717, 1.165) is 18.7 Å². The fourth-order valence-corrected chi connectivity index (χ4v) is 4.27. The van der Waals surface area contributed by atoms with Crippen LogP contribution in [0.25, 0.3) is 0 Å². The molecule has 0 aliphatic rings. The number of ether oxygens (including phenoxy) is 5. The Bertz CT molecular complexity index is 1990. The van der Waals surface area contributed by atoms with Crippen molar-refractivity contribution in [3.05, 3.63) is 94.4 Å². The molecule has 0 N–H and O–H groups in total. The lowest BCUT2D eigenvalue weighted by Gasteiger charge is -2.15. The van der Waals surface area contributed by atoms with Crippen LogP contribution in [0.1, 0.15) is 0 Å². The number of aromatic nitrogens is 9. The first-order valence-corrected chi connectivity index (χ1v) is 13.7. The maximum atomic E-state index is 13.2. The van der Waals surface area contributed by atoms with Crippen LogP contribution in [-0.2, 0) is 84.3 Å². The highest BCUT2D eigenvalue weighted by molar-refractivity contribution is 4.80. The van der Waals surface area contributed by atoms with E-state index < -0.39 is 104 Å². The van der Waals surface area contributed by atoms with Crippen LogP contribution in [0.4, 0.5) is 0 Å². The first-order valence-electron chi connectivity index (χ1n) is 13.7. The quantitative estimate of drug-likeness (QED) is 0.121. The minimum atomic E-state index is -1.05. The summed E-state index contributed by atoms with van der Waals surface area (Å²) in [5.74, 6) is 0. The summed E-state index contributed by atoms with van der Waals surface area (Å²) < 4.78 is 31.4. The zero-order chi connectivity index (χ0) is 35.0. The van der Waals surface area contributed by atoms with Crippen molar-refractivity contribution in [2.24, 2.45) is 14.1 Å². The lowest BCUT2D eigenvalue weighted by molar-refractivity contribution is 0.0522. The molecule has 23 heteroatoms. The van der Waals surface area contributed by atoms with Gasteiger partial charge in [-0.05, 0) is 0 Å². The molecule has 0 bridgehead atoms. The molecule has 260 valence electrons. The minimum absolute atomic E-state index is 0.0624. The normalized spacial score (nSPS) is 11.4. The molecule has 0 saturated carbocycles. The predicted octanol–water partition coefficient (Wildman–Crippen LogP) is -6.58. The maximum Gasteiger partial charge on any atom is 0.340 e. The van der Waals surface area contributed by atoms with Gasteiger partial charge < -0.3 is 23.7 Å². The molecule has 3 aromatic heterocycles. The van der Waals surface area contributed by atoms with Crippen molar-refractivity contribution in [3.8, 4) is 0 Å². The van der Waals surface area contributed by atoms with Gasteiger partial charge in [-0.25, -0.2) is 84.3 Å². The lowest BCUT2D eigenvalue weighted by atomic mass is 10.5. The van der Waals surface area contributed by atoms with Gasteiger partial charge in [0.25, 0.3) is 0 Å². The van der Waals surface area contributed by atoms with Crippen molar-refractivity contribution in [2.75, 3.05) is 41.2 Å². The summed E-state index contributed by atoms with van der Waals surface area (Å²) in [5.41, 5.74) is -8.81. The van der Waals surface area contributed by atoms with Gasteiger partial charge in [-0.2, -0.15) is 0 Å². The van der Waals surface area contributed by atoms with Crippen molar-refractivity contribution < 1.29 is 23.7 Å². The highest BCUT2D eigenvalue weighted by Crippen LogP contribution is 1.86. The van der Waals surface area contributed by atoms with Crippen molar-refractivity contribution in [1.29, 1.82) is 0 Å². The molecule has 47 heavy (non-hydrogen) atoms. The summed E-state index contributed by atoms with van der Waals surface area (Å²) in [6.45, 7) is -4.08. The van der Waals surface area contributed by atoms with Gasteiger partial charge in [0.2, 0.25) is 0 Å². The van der Waals surface area contributed by atoms with E-state index in [-0.39, 0.29) is 13.2 Å². The highest BCUT2D eigenvalue weighted by atomic mass is 16.5. The molecule has 0 aliphatic heterocycles. The monoisotopic (exact) mass is 673 g/mol. The Balaban J connectivity index is 1.84. The molecule has 0 radical (unpaired) electrons. The van der Waals surface area contributed by atoms with Gasteiger partial charge in [0.05, 0.1) is 39.5 Å². The zero-order valence-electron chi connectivity index (χ0n) is 26.3. The average molecular weight is 674 g/mol. The summed E-state index contributed by atoms with van der Waals surface area (Å²) in [5, 5.41) is 0. The van der Waals surface area contributed by atoms with Gasteiger partial charge in [-0.3, -0.25) is 0 Å². The van der Waals surface area contributed by atoms with Gasteiger partial charge in [0.15, 0.2) is 0 Å². The molecule has 0 spiro atoms. The van der Waals surface area contributed by atoms with E-state index in [1.165, 1.54) is 21.3 Å². The standard InChI is InChI=1S/C24H35N9O14/c1-25-16(34)30(12-44-4)23(41)32(18(25)36)14-46-10-7-28-20(38)27(6-9-43-3)21(39)29(22(28)40)8-11-47-15-33-19(37)26(2)17(35)31(13-45-5)24(33)42/h6-15H2,1-5H3. The smallest absolute Gasteiger partial charge is 0.340 e. The average Bonchev–Trinajstić information content (AvgIpc) is 3.05. The van der Waals surface area contributed by atoms with Gasteiger partial charge in [-0.1, -0.05) is 0 Å². The Morgan fingerprint density at radius 1 is 0.362 bits per heavy atom. The molecule has 3 aromatic rings. The third kappa shape index (κ3) is 7.54. The van der Waals surface area contributed by atoms with Crippen molar-refractivity contribution in [3.63, 3.8) is 0 Å². The van der Waals surface area contributed by atoms with Crippen molar-refractivity contribution in [1.82, 2.24) is 41.1 Å². The van der Waals surface area contributed by atoms with E-state index in [0.29, 0.717) is 36.5 Å². The van der Waals surface area contributed by atoms with Gasteiger partial charge in [0, 0.05) is 35.4 Å². The SMILES string of the molecule is COCCn1c(=O)n(CCOCn2c(=O)n(C)c(=O)n(COC)c2=O)c(=O)n(CCOCn2c(=O)n(C)c(=O)n(COC)c2=O)c1=O. The summed E-state index contributed by atoms with van der Waals surface area (Å²) in [4.78, 5) is 114. The molecule has 0 fully saturated rings. The van der Waals surface area contributed by atoms with Crippen LogP contribution >= 0.6 is 0 Å². The third-order valence-corrected chi connectivity index (χ3v) is 6.78. The van der Waals surface area contributed by atoms with E-state index in [1.807, 2.05) is 0 Å². The topological polar surface area (TPSA) is 244 Å². The molecular weight excluding hydrogens is 638 g/mol. The largest absolute Gasteiger partial charge is 0.383 e. The van der Waals surface area contributed by atoms with Crippen LogP contribution in [0, 0.1) is 0 Å². The second kappa shape index (κ2) is 16.0. The Hall–Kier alpha value is -4.97. The summed E-state index contributed by atoms with van der Waals surface area (Å²) in [7, 11) is 6.13. The Labute approximate surface area is 261 Å². The van der Waals surface area contributed by atoms with Gasteiger partial charge in [-0.15, -0.1) is 0 Å². The predicted molar refractivity (Wildman–Crippen MR) is 157 cm³/mol. The number of nitrogens with zero attached hydrogens (tertiary/aromatic N) is 9. The molecule has 0 aromatic carbocycles. The lowest BCUT2D eigenvalue weighted by Crippen LogP contribution is -2.56. The molecule has 0 unspecified atom stereocenters. The van der Waals surface area contributed by atoms with Crippen LogP contribution in [0.5, 0.6) is 0 Å². The van der Waals surface area contributed by atoms with Crippen LogP contribution in [-0.4, -0.2) is 82.3 Å². The molecule has 0 atom stereocenters. The van der Waals surface area contributed by atoms with Crippen molar-refractivity contribution >= 4 is 0 Å². The van der Waals surface area contributed by atoms with Crippen LogP contribution in [0.15, 0.2) is 43.2 Å². The number of methoxy groups -OCH3 is 3. The van der Waals surface area contributed by atoms with E-state index in [2.05, 4.69) is 0 Å². The van der Waals surface area contributed by atoms with Crippen LogP contribution in [0.2, 0.25) is 0 Å². The minimum Gasteiger partial charge on any atom is -0.383 e. The fraction of sp³-hybridized carbons (Fsp3) is 0.625. The number of hydrogen-bond acceptors (Lipinski definition) is 14. The number of hydrogen-bond donors (Lipinski definition) is 0. The Kier molecular flexibility index (Phi) is 12.5. The van der Waals surface area contributed by atoms with Gasteiger partial charge in [0.1, 0.15) is 26.9 Å². The maximum absolute atomic E-state index is 13.2. The molecule has 0 saturated heterocycles. The molecular formula is C24H35N9O14. The Morgan fingerprint density at radius 3 is 0.936 bits per heavy atom. The third-order valence-electron chi connectivity index (χ3n) is 6.78. The second-order valence-corrected chi connectivity index (χ2v) is 9.73. The number of rotatable bonds is 17. The molecule has 0 amide bonds. The molecule has 3 heterocycles. The van der Waals surface area contributed by atoms with E-state index in [9.17, 15) is 43.2 Å². The fourth-order valence-electron chi connectivity index (χ4n) is 4.27. The van der Waals surface area contributed by atoms with Gasteiger partial charge >= 0.3 is 51.2 Å². The van der Waals surface area contributed by atoms with Crippen LogP contribution < -0.4 is 51.2 Å². The molecule has 0 aliphatic carbocycles. The zero-order valence-corrected chi connectivity index (χ0v) is 26.3. The summed E-state index contributed by atoms with van der Waals surface area (Å²) >= 11 is 0. The first kappa shape index (κ1) is 36.5. The van der Waals surface area contributed by atoms with Crippen LogP contribution in [0.3, 0.4) is 0 Å². The highest BCUT2D eigenvalue weighted by Gasteiger charge is 2.18.